The summed E-state index contributed by atoms with van der Waals surface area (Å²) in [6, 6.07) is 7.32. The number of benzene rings is 1. The van der Waals surface area contributed by atoms with Gasteiger partial charge in [0.2, 0.25) is 15.8 Å². The first kappa shape index (κ1) is 20.9. The summed E-state index contributed by atoms with van der Waals surface area (Å²) in [7, 11) is -3.63. The Labute approximate surface area is 178 Å². The third-order valence-electron chi connectivity index (χ3n) is 5.02. The fourth-order valence-corrected chi connectivity index (χ4v) is 5.98. The Morgan fingerprint density at radius 3 is 2.77 bits per heavy atom. The van der Waals surface area contributed by atoms with Crippen molar-refractivity contribution in [2.45, 2.75) is 43.9 Å². The molecule has 1 aliphatic carbocycles. The van der Waals surface area contributed by atoms with E-state index in [1.165, 1.54) is 41.9 Å². The van der Waals surface area contributed by atoms with Crippen LogP contribution in [0.25, 0.3) is 22.2 Å². The molecule has 158 valence electrons. The Morgan fingerprint density at radius 2 is 2.03 bits per heavy atom. The summed E-state index contributed by atoms with van der Waals surface area (Å²) in [5, 5.41) is 3.92. The van der Waals surface area contributed by atoms with E-state index in [9.17, 15) is 12.8 Å². The van der Waals surface area contributed by atoms with Gasteiger partial charge in [-0.05, 0) is 69.4 Å². The highest BCUT2D eigenvalue weighted by Gasteiger charge is 2.23. The number of allylic oxidation sites excluding steroid dienone is 1. The van der Waals surface area contributed by atoms with Gasteiger partial charge in [-0.25, -0.2) is 17.5 Å². The van der Waals surface area contributed by atoms with Crippen LogP contribution in [0.15, 0.2) is 51.4 Å². The van der Waals surface area contributed by atoms with Crippen LogP contribution in [0.4, 0.5) is 4.39 Å². The molecule has 0 atom stereocenters. The molecule has 1 aliphatic rings. The van der Waals surface area contributed by atoms with Gasteiger partial charge >= 0.3 is 0 Å². The van der Waals surface area contributed by atoms with Crippen molar-refractivity contribution in [3.63, 3.8) is 0 Å². The Morgan fingerprint density at radius 1 is 1.23 bits per heavy atom. The van der Waals surface area contributed by atoms with Gasteiger partial charge < -0.3 is 4.52 Å². The fourth-order valence-electron chi connectivity index (χ4n) is 3.43. The number of aryl methyl sites for hydroxylation is 1. The molecule has 0 spiro atoms. The van der Waals surface area contributed by atoms with Crippen LogP contribution in [0.3, 0.4) is 0 Å². The molecule has 0 saturated carbocycles. The second-order valence-electron chi connectivity index (χ2n) is 7.22. The molecule has 0 bridgehead atoms. The first-order valence-corrected chi connectivity index (χ1v) is 12.1. The van der Waals surface area contributed by atoms with Gasteiger partial charge in [0, 0.05) is 17.0 Å². The average Bonchev–Trinajstić information content (AvgIpc) is 3.36. The average molecular weight is 448 g/mol. The number of nitrogens with one attached hydrogen (secondary N) is 1. The zero-order valence-corrected chi connectivity index (χ0v) is 18.2. The van der Waals surface area contributed by atoms with Crippen molar-refractivity contribution in [2.24, 2.45) is 0 Å². The number of nitrogens with zero attached hydrogens (tertiary/aromatic N) is 2. The van der Waals surface area contributed by atoms with Crippen LogP contribution in [0.5, 0.6) is 0 Å². The predicted octanol–water partition coefficient (Wildman–Crippen LogP) is 5.08. The molecule has 0 radical (unpaired) electrons. The standard InChI is InChI=1S/C21H22FN3O3S2/c1-14-19(30(26,27)23-12-11-15-5-3-2-4-6-15)13-18(29-14)21-24-20(25-28-21)16-7-9-17(22)10-8-16/h5,7-10,13,23H,2-4,6,11-12H2,1H3. The van der Waals surface area contributed by atoms with Gasteiger partial charge in [0.15, 0.2) is 0 Å². The molecule has 0 aliphatic heterocycles. The number of rotatable bonds is 7. The molecule has 0 amide bonds. The highest BCUT2D eigenvalue weighted by atomic mass is 32.2. The van der Waals surface area contributed by atoms with Gasteiger partial charge in [0.1, 0.15) is 5.82 Å². The van der Waals surface area contributed by atoms with Gasteiger partial charge in [0.25, 0.3) is 5.89 Å². The van der Waals surface area contributed by atoms with Crippen LogP contribution in [0, 0.1) is 12.7 Å². The van der Waals surface area contributed by atoms with E-state index >= 15 is 0 Å². The second-order valence-corrected chi connectivity index (χ2v) is 10.2. The monoisotopic (exact) mass is 447 g/mol. The molecule has 6 nitrogen and oxygen atoms in total. The minimum atomic E-state index is -3.63. The largest absolute Gasteiger partial charge is 0.333 e. The van der Waals surface area contributed by atoms with Crippen LogP contribution < -0.4 is 4.72 Å². The summed E-state index contributed by atoms with van der Waals surface area (Å²) >= 11 is 1.28. The van der Waals surface area contributed by atoms with Crippen molar-refractivity contribution in [3.05, 3.63) is 52.7 Å². The fraction of sp³-hybridized carbons (Fsp3) is 0.333. The Hall–Kier alpha value is -2.36. The molecule has 0 fully saturated rings. The number of hydrogen-bond donors (Lipinski definition) is 1. The van der Waals surface area contributed by atoms with Crippen molar-refractivity contribution in [2.75, 3.05) is 6.54 Å². The van der Waals surface area contributed by atoms with E-state index in [0.717, 1.165) is 19.3 Å². The highest BCUT2D eigenvalue weighted by molar-refractivity contribution is 7.89. The molecular formula is C21H22FN3O3S2. The maximum atomic E-state index is 13.1. The van der Waals surface area contributed by atoms with E-state index in [1.54, 1.807) is 25.1 Å². The predicted molar refractivity (Wildman–Crippen MR) is 114 cm³/mol. The van der Waals surface area contributed by atoms with E-state index in [2.05, 4.69) is 20.9 Å². The Kier molecular flexibility index (Phi) is 6.12. The zero-order chi connectivity index (χ0) is 21.1. The molecule has 0 unspecified atom stereocenters. The number of hydrogen-bond acceptors (Lipinski definition) is 6. The van der Waals surface area contributed by atoms with Crippen molar-refractivity contribution in [1.82, 2.24) is 14.9 Å². The molecule has 2 heterocycles. The van der Waals surface area contributed by atoms with Crippen LogP contribution in [0.2, 0.25) is 0 Å². The smallest absolute Gasteiger partial charge is 0.268 e. The summed E-state index contributed by atoms with van der Waals surface area (Å²) in [4.78, 5) is 5.77. The zero-order valence-electron chi connectivity index (χ0n) is 16.5. The Balaban J connectivity index is 1.48. The van der Waals surface area contributed by atoms with Crippen molar-refractivity contribution < 1.29 is 17.3 Å². The normalized spacial score (nSPS) is 14.7. The van der Waals surface area contributed by atoms with Gasteiger partial charge in [-0.2, -0.15) is 4.98 Å². The lowest BCUT2D eigenvalue weighted by molar-refractivity contribution is 0.433. The van der Waals surface area contributed by atoms with Gasteiger partial charge in [-0.3, -0.25) is 0 Å². The maximum absolute atomic E-state index is 13.1. The summed E-state index contributed by atoms with van der Waals surface area (Å²) in [5.41, 5.74) is 1.94. The van der Waals surface area contributed by atoms with E-state index < -0.39 is 10.0 Å². The molecule has 3 aromatic rings. The number of sulfonamides is 1. The van der Waals surface area contributed by atoms with E-state index in [1.807, 2.05) is 0 Å². The summed E-state index contributed by atoms with van der Waals surface area (Å²) in [6.45, 7) is 2.14. The van der Waals surface area contributed by atoms with Gasteiger partial charge in [0.05, 0.1) is 9.77 Å². The topological polar surface area (TPSA) is 85.1 Å². The quantitative estimate of drug-likeness (QED) is 0.511. The van der Waals surface area contributed by atoms with Gasteiger partial charge in [-0.15, -0.1) is 11.3 Å². The number of aromatic nitrogens is 2. The lowest BCUT2D eigenvalue weighted by atomic mass is 9.97. The molecule has 4 rings (SSSR count). The second kappa shape index (κ2) is 8.79. The third kappa shape index (κ3) is 4.69. The Bertz CT molecular complexity index is 1160. The third-order valence-corrected chi connectivity index (χ3v) is 7.78. The van der Waals surface area contributed by atoms with Crippen LogP contribution in [-0.2, 0) is 10.0 Å². The molecule has 1 aromatic carbocycles. The highest BCUT2D eigenvalue weighted by Crippen LogP contribution is 2.33. The molecule has 2 aromatic heterocycles. The first-order chi connectivity index (χ1) is 14.4. The van der Waals surface area contributed by atoms with Crippen LogP contribution >= 0.6 is 11.3 Å². The van der Waals surface area contributed by atoms with Crippen molar-refractivity contribution in [3.8, 4) is 22.2 Å². The summed E-state index contributed by atoms with van der Waals surface area (Å²) in [5.74, 6) is 0.203. The van der Waals surface area contributed by atoms with Crippen LogP contribution in [0.1, 0.15) is 37.0 Å². The maximum Gasteiger partial charge on any atom is 0.268 e. The number of halogens is 1. The molecule has 0 saturated heterocycles. The summed E-state index contributed by atoms with van der Waals surface area (Å²) in [6.07, 6.45) is 7.48. The molecule has 1 N–H and O–H groups in total. The van der Waals surface area contributed by atoms with Crippen LogP contribution in [-0.4, -0.2) is 25.1 Å². The summed E-state index contributed by atoms with van der Waals surface area (Å²) < 4.78 is 46.7. The SMILES string of the molecule is Cc1sc(-c2nc(-c3ccc(F)cc3)no2)cc1S(=O)(=O)NCCC1=CCCCC1. The van der Waals surface area contributed by atoms with Crippen molar-refractivity contribution >= 4 is 21.4 Å². The van der Waals surface area contributed by atoms with E-state index in [-0.39, 0.29) is 16.6 Å². The molecular weight excluding hydrogens is 425 g/mol. The number of thiophene rings is 1. The van der Waals surface area contributed by atoms with E-state index in [4.69, 9.17) is 4.52 Å². The first-order valence-electron chi connectivity index (χ1n) is 9.80. The minimum Gasteiger partial charge on any atom is -0.333 e. The van der Waals surface area contributed by atoms with Gasteiger partial charge in [-0.1, -0.05) is 16.8 Å². The minimum absolute atomic E-state index is 0.224. The van der Waals surface area contributed by atoms with Crippen molar-refractivity contribution in [1.29, 1.82) is 0 Å². The molecule has 9 heteroatoms. The van der Waals surface area contributed by atoms with E-state index in [0.29, 0.717) is 27.7 Å². The lowest BCUT2D eigenvalue weighted by Gasteiger charge is -2.13. The lowest BCUT2D eigenvalue weighted by Crippen LogP contribution is -2.25. The molecule has 30 heavy (non-hydrogen) atoms.